The standard InChI is InChI=1S/C21H13F3N2O/c22-21(23,24)16-8-4-7-14(9-16)19(27)18-12-26-20-17(18)10-15(11-25-20)13-5-2-1-3-6-13/h1-12H,(H,25,26). The number of carbonyl (C=O) groups is 1. The zero-order chi connectivity index (χ0) is 19.0. The van der Waals surface area contributed by atoms with Crippen molar-refractivity contribution in [1.29, 1.82) is 0 Å². The van der Waals surface area contributed by atoms with Gasteiger partial charge in [-0.05, 0) is 23.8 Å². The number of benzene rings is 2. The number of carbonyl (C=O) groups excluding carboxylic acids is 1. The normalized spacial score (nSPS) is 11.7. The molecule has 0 aliphatic heterocycles. The molecule has 134 valence electrons. The SMILES string of the molecule is O=C(c1cccc(C(F)(F)F)c1)c1c[nH]c2ncc(-c3ccccc3)cc12. The topological polar surface area (TPSA) is 45.8 Å². The highest BCUT2D eigenvalue weighted by atomic mass is 19.4. The van der Waals surface area contributed by atoms with E-state index in [9.17, 15) is 18.0 Å². The largest absolute Gasteiger partial charge is 0.416 e. The number of hydrogen-bond donors (Lipinski definition) is 1. The number of pyridine rings is 1. The van der Waals surface area contributed by atoms with Crippen LogP contribution in [0.2, 0.25) is 0 Å². The number of H-pyrrole nitrogens is 1. The van der Waals surface area contributed by atoms with Crippen LogP contribution in [0.3, 0.4) is 0 Å². The minimum atomic E-state index is -4.50. The zero-order valence-corrected chi connectivity index (χ0v) is 13.9. The Hall–Kier alpha value is -3.41. The minimum Gasteiger partial charge on any atom is -0.345 e. The molecule has 4 aromatic rings. The highest BCUT2D eigenvalue weighted by molar-refractivity contribution is 6.16. The number of ketones is 1. The van der Waals surface area contributed by atoms with Crippen molar-refractivity contribution >= 4 is 16.8 Å². The number of aromatic nitrogens is 2. The number of fused-ring (bicyclic) bond motifs is 1. The van der Waals surface area contributed by atoms with Crippen LogP contribution in [0, 0.1) is 0 Å². The molecule has 0 saturated carbocycles. The lowest BCUT2D eigenvalue weighted by atomic mass is 9.99. The number of aromatic amines is 1. The fraction of sp³-hybridized carbons (Fsp3) is 0.0476. The van der Waals surface area contributed by atoms with E-state index in [2.05, 4.69) is 9.97 Å². The average molecular weight is 366 g/mol. The molecule has 2 aromatic carbocycles. The quantitative estimate of drug-likeness (QED) is 0.488. The molecule has 3 nitrogen and oxygen atoms in total. The summed E-state index contributed by atoms with van der Waals surface area (Å²) in [5.74, 6) is -0.487. The molecule has 0 radical (unpaired) electrons. The van der Waals surface area contributed by atoms with Gasteiger partial charge in [0.2, 0.25) is 0 Å². The molecule has 0 spiro atoms. The van der Waals surface area contributed by atoms with Gasteiger partial charge in [-0.2, -0.15) is 13.2 Å². The van der Waals surface area contributed by atoms with Crippen LogP contribution >= 0.6 is 0 Å². The molecule has 0 fully saturated rings. The van der Waals surface area contributed by atoms with E-state index < -0.39 is 17.5 Å². The van der Waals surface area contributed by atoms with Gasteiger partial charge in [0.25, 0.3) is 0 Å². The molecule has 0 unspecified atom stereocenters. The maximum absolute atomic E-state index is 12.9. The molecule has 2 heterocycles. The van der Waals surface area contributed by atoms with Gasteiger partial charge >= 0.3 is 6.18 Å². The van der Waals surface area contributed by atoms with Crippen LogP contribution in [0.1, 0.15) is 21.5 Å². The number of alkyl halides is 3. The third kappa shape index (κ3) is 3.21. The Kier molecular flexibility index (Phi) is 4.03. The second kappa shape index (κ2) is 6.39. The molecular weight excluding hydrogens is 353 g/mol. The van der Waals surface area contributed by atoms with Crippen molar-refractivity contribution in [3.05, 3.63) is 89.7 Å². The van der Waals surface area contributed by atoms with Crippen LogP contribution in [0.4, 0.5) is 13.2 Å². The van der Waals surface area contributed by atoms with E-state index in [1.165, 1.54) is 18.3 Å². The van der Waals surface area contributed by atoms with Gasteiger partial charge in [0, 0.05) is 34.5 Å². The summed E-state index contributed by atoms with van der Waals surface area (Å²) in [6, 6.07) is 15.8. The molecule has 0 aliphatic rings. The first-order valence-electron chi connectivity index (χ1n) is 8.18. The fourth-order valence-corrected chi connectivity index (χ4v) is 2.97. The van der Waals surface area contributed by atoms with E-state index in [4.69, 9.17) is 0 Å². The third-order valence-electron chi connectivity index (χ3n) is 4.33. The van der Waals surface area contributed by atoms with Crippen molar-refractivity contribution in [2.45, 2.75) is 6.18 Å². The van der Waals surface area contributed by atoms with Gasteiger partial charge in [0.15, 0.2) is 5.78 Å². The molecule has 0 aliphatic carbocycles. The summed E-state index contributed by atoms with van der Waals surface area (Å²) >= 11 is 0. The first kappa shape index (κ1) is 17.0. The first-order valence-corrected chi connectivity index (χ1v) is 8.18. The summed E-state index contributed by atoms with van der Waals surface area (Å²) < 4.78 is 38.8. The van der Waals surface area contributed by atoms with Gasteiger partial charge in [-0.25, -0.2) is 4.98 Å². The Labute approximate surface area is 152 Å². The Balaban J connectivity index is 1.79. The van der Waals surface area contributed by atoms with E-state index in [1.54, 1.807) is 6.20 Å². The van der Waals surface area contributed by atoms with Gasteiger partial charge in [0.1, 0.15) is 5.65 Å². The summed E-state index contributed by atoms with van der Waals surface area (Å²) in [7, 11) is 0. The van der Waals surface area contributed by atoms with E-state index in [0.717, 1.165) is 23.3 Å². The van der Waals surface area contributed by atoms with Gasteiger partial charge in [-0.1, -0.05) is 42.5 Å². The maximum atomic E-state index is 12.9. The van der Waals surface area contributed by atoms with Gasteiger partial charge in [0.05, 0.1) is 5.56 Å². The van der Waals surface area contributed by atoms with Gasteiger partial charge in [-0.3, -0.25) is 4.79 Å². The van der Waals surface area contributed by atoms with Crippen molar-refractivity contribution in [3.63, 3.8) is 0 Å². The predicted molar refractivity (Wildman–Crippen MR) is 96.4 cm³/mol. The summed E-state index contributed by atoms with van der Waals surface area (Å²) in [5, 5.41) is 0.568. The number of rotatable bonds is 3. The lowest BCUT2D eigenvalue weighted by molar-refractivity contribution is -0.137. The minimum absolute atomic E-state index is 0.0177. The summed E-state index contributed by atoms with van der Waals surface area (Å²) in [6.45, 7) is 0. The van der Waals surface area contributed by atoms with E-state index in [0.29, 0.717) is 11.0 Å². The van der Waals surface area contributed by atoms with Crippen molar-refractivity contribution in [2.75, 3.05) is 0 Å². The lowest BCUT2D eigenvalue weighted by Gasteiger charge is -2.08. The van der Waals surface area contributed by atoms with Crippen LogP contribution < -0.4 is 0 Å². The molecule has 0 atom stereocenters. The van der Waals surface area contributed by atoms with Crippen LogP contribution in [0.25, 0.3) is 22.2 Å². The third-order valence-corrected chi connectivity index (χ3v) is 4.33. The lowest BCUT2D eigenvalue weighted by Crippen LogP contribution is -2.08. The first-order chi connectivity index (χ1) is 12.9. The summed E-state index contributed by atoms with van der Waals surface area (Å²) in [6.07, 6.45) is -1.33. The Morgan fingerprint density at radius 1 is 0.926 bits per heavy atom. The highest BCUT2D eigenvalue weighted by Crippen LogP contribution is 2.31. The summed E-state index contributed by atoms with van der Waals surface area (Å²) in [5.41, 5.74) is 1.68. The van der Waals surface area contributed by atoms with E-state index in [1.807, 2.05) is 36.4 Å². The zero-order valence-electron chi connectivity index (χ0n) is 13.9. The monoisotopic (exact) mass is 366 g/mol. The molecule has 27 heavy (non-hydrogen) atoms. The molecular formula is C21H13F3N2O. The Morgan fingerprint density at radius 3 is 2.44 bits per heavy atom. The molecule has 2 aromatic heterocycles. The van der Waals surface area contributed by atoms with Crippen molar-refractivity contribution in [3.8, 4) is 11.1 Å². The number of nitrogens with zero attached hydrogens (tertiary/aromatic N) is 1. The van der Waals surface area contributed by atoms with Crippen molar-refractivity contribution < 1.29 is 18.0 Å². The second-order valence-electron chi connectivity index (χ2n) is 6.10. The average Bonchev–Trinajstić information content (AvgIpc) is 3.10. The predicted octanol–water partition coefficient (Wildman–Crippen LogP) is 5.48. The van der Waals surface area contributed by atoms with Crippen LogP contribution in [-0.4, -0.2) is 15.8 Å². The van der Waals surface area contributed by atoms with Gasteiger partial charge < -0.3 is 4.98 Å². The Bertz CT molecular complexity index is 1130. The smallest absolute Gasteiger partial charge is 0.345 e. The second-order valence-corrected chi connectivity index (χ2v) is 6.10. The molecule has 1 N–H and O–H groups in total. The Morgan fingerprint density at radius 2 is 1.70 bits per heavy atom. The summed E-state index contributed by atoms with van der Waals surface area (Å²) in [4.78, 5) is 20.1. The maximum Gasteiger partial charge on any atom is 0.416 e. The highest BCUT2D eigenvalue weighted by Gasteiger charge is 2.31. The van der Waals surface area contributed by atoms with Crippen LogP contribution in [0.5, 0.6) is 0 Å². The molecule has 6 heteroatoms. The van der Waals surface area contributed by atoms with Crippen molar-refractivity contribution in [1.82, 2.24) is 9.97 Å². The number of halogens is 3. The fourth-order valence-electron chi connectivity index (χ4n) is 2.97. The van der Waals surface area contributed by atoms with Gasteiger partial charge in [-0.15, -0.1) is 0 Å². The van der Waals surface area contributed by atoms with E-state index in [-0.39, 0.29) is 11.1 Å². The van der Waals surface area contributed by atoms with E-state index >= 15 is 0 Å². The van der Waals surface area contributed by atoms with Crippen LogP contribution in [0.15, 0.2) is 73.1 Å². The van der Waals surface area contributed by atoms with Crippen molar-refractivity contribution in [2.24, 2.45) is 0 Å². The number of hydrogen-bond acceptors (Lipinski definition) is 2. The number of nitrogens with one attached hydrogen (secondary N) is 1. The molecule has 0 bridgehead atoms. The molecule has 0 saturated heterocycles. The molecule has 0 amide bonds. The van der Waals surface area contributed by atoms with Crippen LogP contribution in [-0.2, 0) is 6.18 Å². The molecule has 4 rings (SSSR count).